The van der Waals surface area contributed by atoms with Crippen LogP contribution in [0.25, 0.3) is 0 Å². The minimum atomic E-state index is -0.373. The predicted molar refractivity (Wildman–Crippen MR) is 89.9 cm³/mol. The van der Waals surface area contributed by atoms with Gasteiger partial charge in [-0.3, -0.25) is 14.5 Å². The fourth-order valence-electron chi connectivity index (χ4n) is 2.08. The number of amides is 2. The molecule has 2 amide bonds. The summed E-state index contributed by atoms with van der Waals surface area (Å²) >= 11 is 5.94. The second-order valence-electron chi connectivity index (χ2n) is 5.77. The molecule has 1 atom stereocenters. The van der Waals surface area contributed by atoms with Crippen LogP contribution in [0.5, 0.6) is 5.75 Å². The van der Waals surface area contributed by atoms with Crippen molar-refractivity contribution in [3.63, 3.8) is 0 Å². The highest BCUT2D eigenvalue weighted by atomic mass is 35.5. The molecule has 0 radical (unpaired) electrons. The standard InChI is InChI=1S/C16H22ClN3O3/c1-10(16(22)18-12-5-6-12)20(2)9-15(21)19-13-8-11(17)4-7-14(13)23-3/h4,7-8,10,12H,5-6,9H2,1-3H3,(H,18,22)(H,19,21)/t10-/m0/s1. The molecule has 1 aliphatic rings. The Bertz CT molecular complexity index is 590. The van der Waals surface area contributed by atoms with Crippen molar-refractivity contribution in [1.82, 2.24) is 10.2 Å². The lowest BCUT2D eigenvalue weighted by Gasteiger charge is -2.23. The van der Waals surface area contributed by atoms with Gasteiger partial charge in [0.2, 0.25) is 11.8 Å². The lowest BCUT2D eigenvalue weighted by atomic mass is 10.2. The second-order valence-corrected chi connectivity index (χ2v) is 6.20. The molecule has 1 aromatic rings. The summed E-state index contributed by atoms with van der Waals surface area (Å²) in [5.41, 5.74) is 0.508. The average Bonchev–Trinajstić information content (AvgIpc) is 3.30. The maximum absolute atomic E-state index is 12.2. The van der Waals surface area contributed by atoms with Crippen molar-refractivity contribution < 1.29 is 14.3 Å². The van der Waals surface area contributed by atoms with Crippen LogP contribution >= 0.6 is 11.6 Å². The Balaban J connectivity index is 1.90. The Labute approximate surface area is 141 Å². The second kappa shape index (κ2) is 7.66. The summed E-state index contributed by atoms with van der Waals surface area (Å²) in [5, 5.41) is 6.20. The van der Waals surface area contributed by atoms with Gasteiger partial charge in [-0.15, -0.1) is 0 Å². The molecular formula is C16H22ClN3O3. The summed E-state index contributed by atoms with van der Waals surface area (Å²) in [6.07, 6.45) is 2.08. The summed E-state index contributed by atoms with van der Waals surface area (Å²) in [7, 11) is 3.27. The Hall–Kier alpha value is -1.79. The molecule has 0 unspecified atom stereocenters. The lowest BCUT2D eigenvalue weighted by molar-refractivity contribution is -0.126. The number of hydrogen-bond acceptors (Lipinski definition) is 4. The average molecular weight is 340 g/mol. The number of anilines is 1. The van der Waals surface area contributed by atoms with Crippen LogP contribution in [0.3, 0.4) is 0 Å². The van der Waals surface area contributed by atoms with Gasteiger partial charge in [0, 0.05) is 11.1 Å². The molecule has 1 aliphatic carbocycles. The van der Waals surface area contributed by atoms with Crippen LogP contribution in [-0.2, 0) is 9.59 Å². The minimum Gasteiger partial charge on any atom is -0.495 e. The molecule has 126 valence electrons. The van der Waals surface area contributed by atoms with E-state index in [2.05, 4.69) is 10.6 Å². The number of rotatable bonds is 7. The zero-order chi connectivity index (χ0) is 17.0. The van der Waals surface area contributed by atoms with Crippen LogP contribution in [0.15, 0.2) is 18.2 Å². The normalized spacial score (nSPS) is 15.2. The Kier molecular flexibility index (Phi) is 5.85. The number of carbonyl (C=O) groups excluding carboxylic acids is 2. The van der Waals surface area contributed by atoms with E-state index in [1.807, 2.05) is 0 Å². The zero-order valence-electron chi connectivity index (χ0n) is 13.6. The number of nitrogens with one attached hydrogen (secondary N) is 2. The van der Waals surface area contributed by atoms with Crippen molar-refractivity contribution in [2.45, 2.75) is 31.8 Å². The minimum absolute atomic E-state index is 0.0527. The van der Waals surface area contributed by atoms with Gasteiger partial charge in [0.1, 0.15) is 5.75 Å². The molecule has 2 N–H and O–H groups in total. The van der Waals surface area contributed by atoms with Gasteiger partial charge in [0.15, 0.2) is 0 Å². The number of hydrogen-bond donors (Lipinski definition) is 2. The van der Waals surface area contributed by atoms with Crippen molar-refractivity contribution in [1.29, 1.82) is 0 Å². The Morgan fingerprint density at radius 3 is 2.74 bits per heavy atom. The molecule has 6 nitrogen and oxygen atoms in total. The van der Waals surface area contributed by atoms with E-state index >= 15 is 0 Å². The van der Waals surface area contributed by atoms with Crippen molar-refractivity contribution in [2.24, 2.45) is 0 Å². The quantitative estimate of drug-likeness (QED) is 0.795. The fourth-order valence-corrected chi connectivity index (χ4v) is 2.25. The monoisotopic (exact) mass is 339 g/mol. The van der Waals surface area contributed by atoms with Gasteiger partial charge in [-0.05, 0) is 45.0 Å². The maximum Gasteiger partial charge on any atom is 0.238 e. The van der Waals surface area contributed by atoms with Crippen LogP contribution in [0, 0.1) is 0 Å². The SMILES string of the molecule is COc1ccc(Cl)cc1NC(=O)CN(C)[C@@H](C)C(=O)NC1CC1. The van der Waals surface area contributed by atoms with E-state index in [9.17, 15) is 9.59 Å². The molecule has 0 aromatic heterocycles. The van der Waals surface area contributed by atoms with Crippen molar-refractivity contribution in [3.05, 3.63) is 23.2 Å². The van der Waals surface area contributed by atoms with Crippen molar-refractivity contribution in [2.75, 3.05) is 26.0 Å². The van der Waals surface area contributed by atoms with Crippen LogP contribution in [0.2, 0.25) is 5.02 Å². The molecule has 7 heteroatoms. The van der Waals surface area contributed by atoms with E-state index in [4.69, 9.17) is 16.3 Å². The summed E-state index contributed by atoms with van der Waals surface area (Å²) in [6, 6.07) is 4.94. The first-order valence-corrected chi connectivity index (χ1v) is 7.92. The summed E-state index contributed by atoms with van der Waals surface area (Å²) in [4.78, 5) is 25.9. The highest BCUT2D eigenvalue weighted by molar-refractivity contribution is 6.31. The van der Waals surface area contributed by atoms with E-state index in [0.717, 1.165) is 12.8 Å². The third kappa shape index (κ3) is 5.11. The first-order valence-electron chi connectivity index (χ1n) is 7.54. The van der Waals surface area contributed by atoms with E-state index in [-0.39, 0.29) is 24.4 Å². The van der Waals surface area contributed by atoms with E-state index < -0.39 is 0 Å². The number of methoxy groups -OCH3 is 1. The molecule has 1 aromatic carbocycles. The van der Waals surface area contributed by atoms with Gasteiger partial charge in [0.25, 0.3) is 0 Å². The molecule has 1 fully saturated rings. The molecule has 0 saturated heterocycles. The molecule has 23 heavy (non-hydrogen) atoms. The summed E-state index contributed by atoms with van der Waals surface area (Å²) in [6.45, 7) is 1.87. The number of ether oxygens (including phenoxy) is 1. The number of nitrogens with zero attached hydrogens (tertiary/aromatic N) is 1. The fraction of sp³-hybridized carbons (Fsp3) is 0.500. The van der Waals surface area contributed by atoms with Gasteiger partial charge in [-0.2, -0.15) is 0 Å². The highest BCUT2D eigenvalue weighted by Crippen LogP contribution is 2.27. The smallest absolute Gasteiger partial charge is 0.238 e. The topological polar surface area (TPSA) is 70.7 Å². The van der Waals surface area contributed by atoms with E-state index in [1.165, 1.54) is 7.11 Å². The first kappa shape index (κ1) is 17.6. The Morgan fingerprint density at radius 2 is 2.13 bits per heavy atom. The molecule has 0 bridgehead atoms. The Morgan fingerprint density at radius 1 is 1.43 bits per heavy atom. The molecule has 1 saturated carbocycles. The predicted octanol–water partition coefficient (Wildman–Crippen LogP) is 1.89. The number of carbonyl (C=O) groups is 2. The summed E-state index contributed by atoms with van der Waals surface area (Å²) in [5.74, 6) is 0.243. The number of likely N-dealkylation sites (N-methyl/N-ethyl adjacent to an activating group) is 1. The molecule has 0 heterocycles. The van der Waals surface area contributed by atoms with Crippen LogP contribution in [0.4, 0.5) is 5.69 Å². The van der Waals surface area contributed by atoms with E-state index in [1.54, 1.807) is 37.1 Å². The van der Waals surface area contributed by atoms with Gasteiger partial charge < -0.3 is 15.4 Å². The highest BCUT2D eigenvalue weighted by Gasteiger charge is 2.27. The molecule has 0 spiro atoms. The lowest BCUT2D eigenvalue weighted by Crippen LogP contribution is -2.46. The third-order valence-electron chi connectivity index (χ3n) is 3.79. The van der Waals surface area contributed by atoms with Gasteiger partial charge >= 0.3 is 0 Å². The molecule has 2 rings (SSSR count). The summed E-state index contributed by atoms with van der Waals surface area (Å²) < 4.78 is 5.19. The maximum atomic E-state index is 12.2. The number of benzene rings is 1. The zero-order valence-corrected chi connectivity index (χ0v) is 14.3. The third-order valence-corrected chi connectivity index (χ3v) is 4.03. The van der Waals surface area contributed by atoms with Crippen molar-refractivity contribution in [3.8, 4) is 5.75 Å². The van der Waals surface area contributed by atoms with Gasteiger partial charge in [-0.25, -0.2) is 0 Å². The number of halogens is 1. The van der Waals surface area contributed by atoms with Crippen molar-refractivity contribution >= 4 is 29.1 Å². The largest absolute Gasteiger partial charge is 0.495 e. The van der Waals surface area contributed by atoms with Gasteiger partial charge in [0.05, 0.1) is 25.4 Å². The van der Waals surface area contributed by atoms with Gasteiger partial charge in [-0.1, -0.05) is 11.6 Å². The van der Waals surface area contributed by atoms with Crippen LogP contribution in [0.1, 0.15) is 19.8 Å². The molecule has 0 aliphatic heterocycles. The first-order chi connectivity index (χ1) is 10.9. The van der Waals surface area contributed by atoms with Crippen LogP contribution in [-0.4, -0.2) is 49.5 Å². The van der Waals surface area contributed by atoms with E-state index in [0.29, 0.717) is 22.5 Å². The van der Waals surface area contributed by atoms with Crippen LogP contribution < -0.4 is 15.4 Å². The molecular weight excluding hydrogens is 318 g/mol.